The van der Waals surface area contributed by atoms with E-state index in [1.165, 1.54) is 11.8 Å². The molecule has 1 aliphatic carbocycles. The second-order valence-electron chi connectivity index (χ2n) is 11.4. The topological polar surface area (TPSA) is 162 Å². The van der Waals surface area contributed by atoms with Gasteiger partial charge in [-0.15, -0.1) is 0 Å². The Morgan fingerprint density at radius 1 is 1.13 bits per heavy atom. The minimum Gasteiger partial charge on any atom is -0.481 e. The van der Waals surface area contributed by atoms with Crippen molar-refractivity contribution in [3.8, 4) is 0 Å². The molecule has 0 bridgehead atoms. The maximum absolute atomic E-state index is 14.0. The summed E-state index contributed by atoms with van der Waals surface area (Å²) < 4.78 is 0. The van der Waals surface area contributed by atoms with Crippen LogP contribution in [0.4, 0.5) is 5.69 Å². The van der Waals surface area contributed by atoms with Gasteiger partial charge in [-0.25, -0.2) is 0 Å². The number of anilines is 1. The molecular weight excluding hydrogens is 492 g/mol. The van der Waals surface area contributed by atoms with Gasteiger partial charge in [0, 0.05) is 24.7 Å². The number of likely N-dealkylation sites (tertiary alicyclic amines) is 1. The maximum atomic E-state index is 14.0. The number of carboxylic acids is 1. The number of aliphatic carboxylic acids is 1. The molecule has 11 nitrogen and oxygen atoms in total. The van der Waals surface area contributed by atoms with Crippen molar-refractivity contribution in [2.24, 2.45) is 11.3 Å². The van der Waals surface area contributed by atoms with Gasteiger partial charge in [0.25, 0.3) is 5.91 Å². The van der Waals surface area contributed by atoms with E-state index in [1.54, 1.807) is 52.8 Å². The largest absolute Gasteiger partial charge is 0.481 e. The Hall–Kier alpha value is -3.76. The van der Waals surface area contributed by atoms with E-state index in [-0.39, 0.29) is 24.4 Å². The molecule has 1 heterocycles. The number of carbonyl (C=O) groups is 6. The van der Waals surface area contributed by atoms with E-state index in [0.29, 0.717) is 30.4 Å². The molecule has 0 radical (unpaired) electrons. The van der Waals surface area contributed by atoms with Crippen molar-refractivity contribution < 1.29 is 33.9 Å². The van der Waals surface area contributed by atoms with Crippen molar-refractivity contribution in [1.29, 1.82) is 0 Å². The molecule has 1 aromatic rings. The Morgan fingerprint density at radius 2 is 1.79 bits per heavy atom. The lowest BCUT2D eigenvalue weighted by Crippen LogP contribution is -2.66. The molecule has 3 rings (SSSR count). The summed E-state index contributed by atoms with van der Waals surface area (Å²) in [5.41, 5.74) is -2.36. The van der Waals surface area contributed by atoms with Gasteiger partial charge in [-0.05, 0) is 56.2 Å². The van der Waals surface area contributed by atoms with Gasteiger partial charge in [-0.3, -0.25) is 24.0 Å². The number of nitrogens with zero attached hydrogens (tertiary/aromatic N) is 1. The van der Waals surface area contributed by atoms with E-state index in [2.05, 4.69) is 16.0 Å². The van der Waals surface area contributed by atoms with Crippen LogP contribution < -0.4 is 16.0 Å². The predicted octanol–water partition coefficient (Wildman–Crippen LogP) is 1.64. The molecule has 1 aromatic carbocycles. The first-order valence-electron chi connectivity index (χ1n) is 12.6. The highest BCUT2D eigenvalue weighted by Gasteiger charge is 2.61. The van der Waals surface area contributed by atoms with Gasteiger partial charge < -0.3 is 30.8 Å². The molecule has 0 aromatic heterocycles. The molecule has 38 heavy (non-hydrogen) atoms. The van der Waals surface area contributed by atoms with Crippen LogP contribution in [0.15, 0.2) is 18.2 Å². The monoisotopic (exact) mass is 528 g/mol. The summed E-state index contributed by atoms with van der Waals surface area (Å²) in [7, 11) is 0. The van der Waals surface area contributed by atoms with Gasteiger partial charge >= 0.3 is 5.97 Å². The quantitative estimate of drug-likeness (QED) is 0.373. The van der Waals surface area contributed by atoms with Crippen LogP contribution in [-0.2, 0) is 24.0 Å². The van der Waals surface area contributed by atoms with Crippen molar-refractivity contribution >= 4 is 41.6 Å². The fraction of sp³-hybridized carbons (Fsp3) is 0.556. The third kappa shape index (κ3) is 5.27. The molecule has 4 atom stereocenters. The Kier molecular flexibility index (Phi) is 7.72. The summed E-state index contributed by atoms with van der Waals surface area (Å²) in [6, 6.07) is 4.01. The van der Waals surface area contributed by atoms with E-state index in [9.17, 15) is 33.9 Å². The zero-order chi connectivity index (χ0) is 28.6. The number of amides is 4. The number of hydrogen-bond acceptors (Lipinski definition) is 6. The average molecular weight is 529 g/mol. The first-order chi connectivity index (χ1) is 17.6. The number of aldehydes is 1. The van der Waals surface area contributed by atoms with E-state index >= 15 is 0 Å². The van der Waals surface area contributed by atoms with Gasteiger partial charge in [-0.2, -0.15) is 0 Å². The standard InChI is InChI=1S/C27H36N4O7/c1-15-17(9-7-10-19(15)28-16(2)33)21(34)29-26(6,25(3,4)5)24(38)31-12-8-11-20(31)22(35)30-27(14-32)13-18(27)23(36)37/h7,9-10,14,18,20H,8,11-13H2,1-6H3,(H,28,33)(H,29,34)(H,30,35)(H,36,37)/t18-,20-,26?,27?/m0/s1. The summed E-state index contributed by atoms with van der Waals surface area (Å²) in [4.78, 5) is 76.5. The Bertz CT molecular complexity index is 1190. The van der Waals surface area contributed by atoms with E-state index in [0.717, 1.165) is 0 Å². The highest BCUT2D eigenvalue weighted by Crippen LogP contribution is 2.42. The van der Waals surface area contributed by atoms with Crippen LogP contribution in [0.3, 0.4) is 0 Å². The third-order valence-corrected chi connectivity index (χ3v) is 7.86. The summed E-state index contributed by atoms with van der Waals surface area (Å²) in [5.74, 6) is -4.01. The minimum absolute atomic E-state index is 0.00486. The molecule has 2 aliphatic rings. The normalized spacial score (nSPS) is 24.1. The van der Waals surface area contributed by atoms with Gasteiger partial charge in [0.15, 0.2) is 0 Å². The summed E-state index contributed by atoms with van der Waals surface area (Å²) >= 11 is 0. The second kappa shape index (κ2) is 10.2. The van der Waals surface area contributed by atoms with Crippen molar-refractivity contribution in [1.82, 2.24) is 15.5 Å². The number of nitrogens with one attached hydrogen (secondary N) is 3. The average Bonchev–Trinajstić information content (AvgIpc) is 3.32. The van der Waals surface area contributed by atoms with Crippen LogP contribution in [0.2, 0.25) is 0 Å². The van der Waals surface area contributed by atoms with Crippen molar-refractivity contribution in [3.63, 3.8) is 0 Å². The van der Waals surface area contributed by atoms with Gasteiger partial charge in [0.1, 0.15) is 23.4 Å². The lowest BCUT2D eigenvalue weighted by Gasteiger charge is -2.44. The lowest BCUT2D eigenvalue weighted by atomic mass is 9.73. The summed E-state index contributed by atoms with van der Waals surface area (Å²) in [6.45, 7) is 10.4. The van der Waals surface area contributed by atoms with Gasteiger partial charge in [0.05, 0.1) is 5.92 Å². The molecule has 11 heteroatoms. The number of rotatable bonds is 8. The highest BCUT2D eigenvalue weighted by atomic mass is 16.4. The molecular formula is C27H36N4O7. The molecule has 2 fully saturated rings. The first-order valence-corrected chi connectivity index (χ1v) is 12.6. The fourth-order valence-electron chi connectivity index (χ4n) is 4.83. The number of carboxylic acid groups (broad SMARTS) is 1. The Balaban J connectivity index is 1.86. The SMILES string of the molecule is CC(=O)Nc1cccc(C(=O)NC(C)(C(=O)N2CCC[C@H]2C(=O)NC2(C=O)C[C@H]2C(=O)O)C(C)(C)C)c1C. The van der Waals surface area contributed by atoms with Crippen LogP contribution in [0, 0.1) is 18.3 Å². The first kappa shape index (κ1) is 28.8. The van der Waals surface area contributed by atoms with Crippen molar-refractivity contribution in [3.05, 3.63) is 29.3 Å². The smallest absolute Gasteiger partial charge is 0.309 e. The summed E-state index contributed by atoms with van der Waals surface area (Å²) in [5, 5.41) is 17.4. The fourth-order valence-corrected chi connectivity index (χ4v) is 4.83. The molecule has 0 spiro atoms. The Morgan fingerprint density at radius 3 is 2.32 bits per heavy atom. The second-order valence-corrected chi connectivity index (χ2v) is 11.4. The van der Waals surface area contributed by atoms with Crippen LogP contribution in [0.25, 0.3) is 0 Å². The van der Waals surface area contributed by atoms with Crippen LogP contribution in [0.1, 0.15) is 69.8 Å². The van der Waals surface area contributed by atoms with Gasteiger partial charge in [-0.1, -0.05) is 26.8 Å². The van der Waals surface area contributed by atoms with Crippen LogP contribution in [-0.4, -0.2) is 69.6 Å². The van der Waals surface area contributed by atoms with Crippen LogP contribution in [0.5, 0.6) is 0 Å². The van der Waals surface area contributed by atoms with Crippen molar-refractivity contribution in [2.75, 3.05) is 11.9 Å². The maximum Gasteiger partial charge on any atom is 0.309 e. The highest BCUT2D eigenvalue weighted by molar-refractivity contribution is 6.03. The van der Waals surface area contributed by atoms with Crippen LogP contribution >= 0.6 is 0 Å². The van der Waals surface area contributed by atoms with E-state index < -0.39 is 52.1 Å². The molecule has 1 saturated heterocycles. The molecule has 2 unspecified atom stereocenters. The lowest BCUT2D eigenvalue weighted by molar-refractivity contribution is -0.147. The zero-order valence-electron chi connectivity index (χ0n) is 22.6. The van der Waals surface area contributed by atoms with Gasteiger partial charge in [0.2, 0.25) is 17.7 Å². The molecule has 206 valence electrons. The molecule has 4 N–H and O–H groups in total. The number of hydrogen-bond donors (Lipinski definition) is 4. The van der Waals surface area contributed by atoms with E-state index in [4.69, 9.17) is 0 Å². The van der Waals surface area contributed by atoms with E-state index in [1.807, 2.05) is 0 Å². The molecule has 1 saturated carbocycles. The number of carbonyl (C=O) groups excluding carboxylic acids is 5. The predicted molar refractivity (Wildman–Crippen MR) is 138 cm³/mol. The molecule has 4 amide bonds. The summed E-state index contributed by atoms with van der Waals surface area (Å²) in [6.07, 6.45) is 1.33. The number of benzene rings is 1. The Labute approximate surface area is 221 Å². The van der Waals surface area contributed by atoms with Crippen molar-refractivity contribution in [2.45, 2.75) is 77.9 Å². The minimum atomic E-state index is -1.46. The third-order valence-electron chi connectivity index (χ3n) is 7.86. The molecule has 1 aliphatic heterocycles. The zero-order valence-corrected chi connectivity index (χ0v) is 22.6.